The highest BCUT2D eigenvalue weighted by atomic mass is 16.5. The van der Waals surface area contributed by atoms with Crippen LogP contribution in [0.4, 0.5) is 0 Å². The van der Waals surface area contributed by atoms with Crippen LogP contribution in [-0.2, 0) is 13.5 Å². The van der Waals surface area contributed by atoms with Crippen LogP contribution in [0, 0.1) is 5.41 Å². The van der Waals surface area contributed by atoms with Gasteiger partial charge in [-0.25, -0.2) is 9.97 Å². The van der Waals surface area contributed by atoms with E-state index in [0.717, 1.165) is 17.2 Å². The Morgan fingerprint density at radius 1 is 1.03 bits per heavy atom. The van der Waals surface area contributed by atoms with Crippen molar-refractivity contribution in [3.63, 3.8) is 0 Å². The standard InChI is InChI=1S/C26H26N8O3/c1-4-20-30-21-23(31-20)32-26(37-17-8-6-7-15(11-17)24-29-9-10-34(24)3)33-25(21)36-19-13-16(22(27)28)12-18(14-19)35-5-2/h6-14H,4-5H2,1-3H3,(H3,27,28)(H,30,31,32,33). The summed E-state index contributed by atoms with van der Waals surface area (Å²) in [5, 5.41) is 7.84. The van der Waals surface area contributed by atoms with Gasteiger partial charge in [0, 0.05) is 43.1 Å². The van der Waals surface area contributed by atoms with E-state index in [4.69, 9.17) is 25.4 Å². The zero-order chi connectivity index (χ0) is 25.9. The average molecular weight is 499 g/mol. The fourth-order valence-corrected chi connectivity index (χ4v) is 3.78. The van der Waals surface area contributed by atoms with Crippen LogP contribution in [0.15, 0.2) is 54.9 Å². The first-order chi connectivity index (χ1) is 17.9. The Morgan fingerprint density at radius 3 is 2.59 bits per heavy atom. The molecule has 4 N–H and O–H groups in total. The number of nitrogens with zero attached hydrogens (tertiary/aromatic N) is 5. The number of hydrogen-bond donors (Lipinski definition) is 3. The van der Waals surface area contributed by atoms with Crippen LogP contribution >= 0.6 is 0 Å². The van der Waals surface area contributed by atoms with Crippen molar-refractivity contribution in [2.45, 2.75) is 20.3 Å². The maximum absolute atomic E-state index is 7.84. The molecule has 188 valence electrons. The van der Waals surface area contributed by atoms with Crippen molar-refractivity contribution in [2.75, 3.05) is 6.61 Å². The van der Waals surface area contributed by atoms with Gasteiger partial charge in [0.15, 0.2) is 11.2 Å². The first kappa shape index (κ1) is 23.8. The first-order valence-corrected chi connectivity index (χ1v) is 11.8. The molecule has 11 heteroatoms. The lowest BCUT2D eigenvalue weighted by Gasteiger charge is -2.12. The number of H-pyrrole nitrogens is 1. The van der Waals surface area contributed by atoms with Gasteiger partial charge in [-0.05, 0) is 31.2 Å². The van der Waals surface area contributed by atoms with Crippen LogP contribution in [-0.4, -0.2) is 41.9 Å². The molecular formula is C26H26N8O3. The number of ether oxygens (including phenoxy) is 3. The molecule has 2 aromatic carbocycles. The fourth-order valence-electron chi connectivity index (χ4n) is 3.78. The van der Waals surface area contributed by atoms with Gasteiger partial charge in [0.1, 0.15) is 34.7 Å². The molecule has 0 radical (unpaired) electrons. The minimum Gasteiger partial charge on any atom is -0.494 e. The Hall–Kier alpha value is -4.93. The van der Waals surface area contributed by atoms with Gasteiger partial charge in [-0.15, -0.1) is 0 Å². The molecule has 3 aromatic heterocycles. The van der Waals surface area contributed by atoms with E-state index < -0.39 is 0 Å². The third-order valence-electron chi connectivity index (χ3n) is 5.51. The van der Waals surface area contributed by atoms with Gasteiger partial charge in [-0.1, -0.05) is 19.1 Å². The molecule has 0 saturated heterocycles. The smallest absolute Gasteiger partial charge is 0.327 e. The lowest BCUT2D eigenvalue weighted by Crippen LogP contribution is -2.11. The van der Waals surface area contributed by atoms with Crippen molar-refractivity contribution >= 4 is 17.0 Å². The van der Waals surface area contributed by atoms with E-state index in [1.807, 2.05) is 55.9 Å². The van der Waals surface area contributed by atoms with Crippen molar-refractivity contribution in [3.8, 4) is 40.5 Å². The lowest BCUT2D eigenvalue weighted by molar-refractivity contribution is 0.337. The van der Waals surface area contributed by atoms with Crippen LogP contribution in [0.25, 0.3) is 22.6 Å². The third-order valence-corrected chi connectivity index (χ3v) is 5.51. The normalized spacial score (nSPS) is 11.0. The summed E-state index contributed by atoms with van der Waals surface area (Å²) >= 11 is 0. The van der Waals surface area contributed by atoms with Gasteiger partial charge in [0.25, 0.3) is 5.88 Å². The van der Waals surface area contributed by atoms with Crippen molar-refractivity contribution in [1.29, 1.82) is 5.41 Å². The highest BCUT2D eigenvalue weighted by Gasteiger charge is 2.17. The maximum atomic E-state index is 7.84. The van der Waals surface area contributed by atoms with Crippen molar-refractivity contribution < 1.29 is 14.2 Å². The Labute approximate surface area is 212 Å². The summed E-state index contributed by atoms with van der Waals surface area (Å²) in [4.78, 5) is 21.2. The van der Waals surface area contributed by atoms with Gasteiger partial charge >= 0.3 is 6.01 Å². The van der Waals surface area contributed by atoms with Crippen molar-refractivity contribution in [3.05, 3.63) is 66.2 Å². The summed E-state index contributed by atoms with van der Waals surface area (Å²) in [5.74, 6) is 3.08. The largest absolute Gasteiger partial charge is 0.494 e. The molecule has 0 aliphatic heterocycles. The van der Waals surface area contributed by atoms with Gasteiger partial charge < -0.3 is 29.5 Å². The molecule has 0 atom stereocenters. The number of fused-ring (bicyclic) bond motifs is 1. The van der Waals surface area contributed by atoms with Gasteiger partial charge in [-0.3, -0.25) is 5.41 Å². The minimum atomic E-state index is -0.108. The maximum Gasteiger partial charge on any atom is 0.327 e. The third kappa shape index (κ3) is 5.06. The second kappa shape index (κ2) is 9.97. The number of imidazole rings is 2. The number of hydrogen-bond acceptors (Lipinski definition) is 8. The van der Waals surface area contributed by atoms with Gasteiger partial charge in [-0.2, -0.15) is 9.97 Å². The zero-order valence-electron chi connectivity index (χ0n) is 20.6. The number of amidine groups is 1. The molecule has 0 saturated carbocycles. The van der Waals surface area contributed by atoms with E-state index in [-0.39, 0.29) is 17.7 Å². The summed E-state index contributed by atoms with van der Waals surface area (Å²) < 4.78 is 19.7. The molecule has 0 aliphatic carbocycles. The minimum absolute atomic E-state index is 0.0820. The number of rotatable bonds is 9. The van der Waals surface area contributed by atoms with Crippen LogP contribution in [0.1, 0.15) is 25.2 Å². The number of aromatic nitrogens is 6. The molecule has 37 heavy (non-hydrogen) atoms. The van der Waals surface area contributed by atoms with Crippen LogP contribution in [0.5, 0.6) is 29.1 Å². The van der Waals surface area contributed by atoms with E-state index in [0.29, 0.717) is 47.0 Å². The number of benzene rings is 2. The number of aromatic amines is 1. The predicted octanol–water partition coefficient (Wildman–Crippen LogP) is 4.58. The van der Waals surface area contributed by atoms with Crippen molar-refractivity contribution in [1.82, 2.24) is 29.5 Å². The van der Waals surface area contributed by atoms with Crippen LogP contribution in [0.3, 0.4) is 0 Å². The molecule has 0 bridgehead atoms. The SMILES string of the molecule is CCOc1cc(Oc2nc(Oc3cccc(-c4nccn4C)c3)nc3[nH]c(CC)nc23)cc(C(=N)N)c1. The van der Waals surface area contributed by atoms with E-state index in [1.54, 1.807) is 24.4 Å². The highest BCUT2D eigenvalue weighted by molar-refractivity contribution is 5.95. The zero-order valence-corrected chi connectivity index (χ0v) is 20.6. The molecule has 0 aliphatic rings. The Bertz CT molecular complexity index is 1590. The van der Waals surface area contributed by atoms with E-state index in [9.17, 15) is 0 Å². The molecule has 3 heterocycles. The second-order valence-corrected chi connectivity index (χ2v) is 8.18. The van der Waals surface area contributed by atoms with Crippen LogP contribution < -0.4 is 19.9 Å². The van der Waals surface area contributed by atoms with Gasteiger partial charge in [0.2, 0.25) is 0 Å². The molecule has 0 amide bonds. The van der Waals surface area contributed by atoms with Crippen LogP contribution in [0.2, 0.25) is 0 Å². The quantitative estimate of drug-likeness (QED) is 0.197. The second-order valence-electron chi connectivity index (χ2n) is 8.18. The monoisotopic (exact) mass is 498 g/mol. The summed E-state index contributed by atoms with van der Waals surface area (Å²) in [6, 6.07) is 12.6. The number of nitrogens with two attached hydrogens (primary N) is 1. The van der Waals surface area contributed by atoms with E-state index in [1.165, 1.54) is 0 Å². The molecule has 0 unspecified atom stereocenters. The lowest BCUT2D eigenvalue weighted by atomic mass is 10.2. The molecule has 5 rings (SSSR count). The topological polar surface area (TPSA) is 150 Å². The number of nitrogen functional groups attached to an aromatic ring is 1. The number of nitrogens with one attached hydrogen (secondary N) is 2. The molecule has 11 nitrogen and oxygen atoms in total. The fraction of sp³-hybridized carbons (Fsp3) is 0.192. The summed E-state index contributed by atoms with van der Waals surface area (Å²) in [6.45, 7) is 4.31. The Balaban J connectivity index is 1.53. The van der Waals surface area contributed by atoms with Gasteiger partial charge in [0.05, 0.1) is 6.61 Å². The summed E-state index contributed by atoms with van der Waals surface area (Å²) in [6.07, 6.45) is 4.29. The molecule has 5 aromatic rings. The molecule has 0 fully saturated rings. The Kier molecular flexibility index (Phi) is 6.42. The average Bonchev–Trinajstić information content (AvgIpc) is 3.50. The van der Waals surface area contributed by atoms with Crippen molar-refractivity contribution in [2.24, 2.45) is 12.8 Å². The van der Waals surface area contributed by atoms with E-state index >= 15 is 0 Å². The highest BCUT2D eigenvalue weighted by Crippen LogP contribution is 2.33. The molecular weight excluding hydrogens is 472 g/mol. The predicted molar refractivity (Wildman–Crippen MR) is 138 cm³/mol. The number of aryl methyl sites for hydroxylation is 2. The first-order valence-electron chi connectivity index (χ1n) is 11.8. The summed E-state index contributed by atoms with van der Waals surface area (Å²) in [7, 11) is 1.93. The van der Waals surface area contributed by atoms with E-state index in [2.05, 4.69) is 24.9 Å². The Morgan fingerprint density at radius 2 is 1.86 bits per heavy atom. The summed E-state index contributed by atoms with van der Waals surface area (Å²) in [5.41, 5.74) is 8.01. The molecule has 0 spiro atoms.